The van der Waals surface area contributed by atoms with Crippen LogP contribution in [0.4, 0.5) is 8.78 Å². The van der Waals surface area contributed by atoms with Crippen molar-refractivity contribution in [3.05, 3.63) is 59.7 Å². The Morgan fingerprint density at radius 1 is 0.941 bits per heavy atom. The second kappa shape index (κ2) is 4.33. The molecule has 0 bridgehead atoms. The molecule has 0 heterocycles. The number of aromatic carboxylic acids is 1. The Kier molecular flexibility index (Phi) is 2.87. The predicted molar refractivity (Wildman–Crippen MR) is 56.1 cm³/mol. The van der Waals surface area contributed by atoms with Gasteiger partial charge in [-0.25, -0.2) is 8.78 Å². The Labute approximate surface area is 96.1 Å². The van der Waals surface area contributed by atoms with Gasteiger partial charge in [0.15, 0.2) is 0 Å². The van der Waals surface area contributed by atoms with Crippen molar-refractivity contribution in [2.75, 3.05) is 0 Å². The molecule has 0 atom stereocenters. The summed E-state index contributed by atoms with van der Waals surface area (Å²) >= 11 is 0. The molecule has 0 spiro atoms. The topological polar surface area (TPSA) is 40.1 Å². The van der Waals surface area contributed by atoms with Crippen molar-refractivity contribution < 1.29 is 18.7 Å². The molecule has 0 radical (unpaired) electrons. The molecule has 2 nitrogen and oxygen atoms in total. The molecule has 86 valence electrons. The number of carboxylic acids is 1. The molecule has 0 amide bonds. The lowest BCUT2D eigenvalue weighted by molar-refractivity contribution is -0.255. The van der Waals surface area contributed by atoms with Crippen molar-refractivity contribution in [3.63, 3.8) is 0 Å². The second-order valence-electron chi connectivity index (χ2n) is 3.49. The van der Waals surface area contributed by atoms with Gasteiger partial charge in [-0.3, -0.25) is 0 Å². The van der Waals surface area contributed by atoms with Crippen LogP contribution in [0.15, 0.2) is 42.5 Å². The molecule has 2 aromatic carbocycles. The summed E-state index contributed by atoms with van der Waals surface area (Å²) in [6.45, 7) is 0. The molecule has 2 rings (SSSR count). The van der Waals surface area contributed by atoms with E-state index in [-0.39, 0.29) is 0 Å². The number of carboxylic acid groups (broad SMARTS) is 1. The van der Waals surface area contributed by atoms with Gasteiger partial charge in [0.2, 0.25) is 0 Å². The zero-order chi connectivity index (χ0) is 12.4. The highest BCUT2D eigenvalue weighted by Crippen LogP contribution is 2.22. The fourth-order valence-corrected chi connectivity index (χ4v) is 1.50. The van der Waals surface area contributed by atoms with Gasteiger partial charge < -0.3 is 9.90 Å². The van der Waals surface area contributed by atoms with E-state index in [9.17, 15) is 18.7 Å². The highest BCUT2D eigenvalue weighted by Gasteiger charge is 2.06. The molecule has 0 fully saturated rings. The van der Waals surface area contributed by atoms with Crippen LogP contribution in [0.1, 0.15) is 10.4 Å². The van der Waals surface area contributed by atoms with E-state index in [1.807, 2.05) is 0 Å². The van der Waals surface area contributed by atoms with Gasteiger partial charge in [0.25, 0.3) is 0 Å². The molecule has 0 aliphatic carbocycles. The molecule has 2 aromatic rings. The maximum absolute atomic E-state index is 13.1. The van der Waals surface area contributed by atoms with Crippen LogP contribution in [-0.4, -0.2) is 5.97 Å². The van der Waals surface area contributed by atoms with E-state index in [0.717, 1.165) is 12.1 Å². The van der Waals surface area contributed by atoms with E-state index in [1.165, 1.54) is 30.3 Å². The highest BCUT2D eigenvalue weighted by atomic mass is 19.1. The van der Waals surface area contributed by atoms with Crippen LogP contribution in [0.25, 0.3) is 11.1 Å². The van der Waals surface area contributed by atoms with Crippen LogP contribution in [0, 0.1) is 11.6 Å². The van der Waals surface area contributed by atoms with E-state index >= 15 is 0 Å². The molecular formula is C13H7F2O2-. The Balaban J connectivity index is 2.50. The molecule has 0 saturated heterocycles. The number of hydrogen-bond donors (Lipinski definition) is 0. The third-order valence-corrected chi connectivity index (χ3v) is 2.36. The van der Waals surface area contributed by atoms with Crippen molar-refractivity contribution in [1.82, 2.24) is 0 Å². The zero-order valence-corrected chi connectivity index (χ0v) is 8.61. The van der Waals surface area contributed by atoms with Crippen LogP contribution in [-0.2, 0) is 0 Å². The number of halogens is 2. The lowest BCUT2D eigenvalue weighted by Crippen LogP contribution is -2.23. The Hall–Kier alpha value is -2.23. The third-order valence-electron chi connectivity index (χ3n) is 2.36. The standard InChI is InChI=1S/C13H8F2O2/c14-10-4-1-8(2-5-10)9-3-6-12(15)11(7-9)13(16)17/h1-7H,(H,16,17)/p-1. The first-order chi connectivity index (χ1) is 8.08. The quantitative estimate of drug-likeness (QED) is 0.795. The van der Waals surface area contributed by atoms with Gasteiger partial charge in [-0.05, 0) is 35.4 Å². The largest absolute Gasteiger partial charge is 0.545 e. The first kappa shape index (κ1) is 11.3. The third kappa shape index (κ3) is 2.30. The fraction of sp³-hybridized carbons (Fsp3) is 0. The number of carbonyl (C=O) groups excluding carboxylic acids is 1. The van der Waals surface area contributed by atoms with Crippen molar-refractivity contribution in [2.45, 2.75) is 0 Å². The van der Waals surface area contributed by atoms with Crippen LogP contribution >= 0.6 is 0 Å². The monoisotopic (exact) mass is 233 g/mol. The minimum atomic E-state index is -1.58. The zero-order valence-electron chi connectivity index (χ0n) is 8.61. The van der Waals surface area contributed by atoms with Gasteiger partial charge in [0.1, 0.15) is 11.6 Å². The summed E-state index contributed by atoms with van der Waals surface area (Å²) in [5, 5.41) is 10.6. The lowest BCUT2D eigenvalue weighted by atomic mass is 10.0. The van der Waals surface area contributed by atoms with Gasteiger partial charge in [0.05, 0.1) is 5.97 Å². The van der Waals surface area contributed by atoms with Gasteiger partial charge in [-0.1, -0.05) is 18.2 Å². The van der Waals surface area contributed by atoms with E-state index < -0.39 is 23.2 Å². The molecule has 0 aliphatic heterocycles. The van der Waals surface area contributed by atoms with Gasteiger partial charge >= 0.3 is 0 Å². The average molecular weight is 233 g/mol. The normalized spacial score (nSPS) is 10.2. The molecule has 0 N–H and O–H groups in total. The number of rotatable bonds is 2. The molecular weight excluding hydrogens is 226 g/mol. The summed E-state index contributed by atoms with van der Waals surface area (Å²) < 4.78 is 25.8. The van der Waals surface area contributed by atoms with Crippen molar-refractivity contribution in [1.29, 1.82) is 0 Å². The summed E-state index contributed by atoms with van der Waals surface area (Å²) in [6, 6.07) is 9.11. The van der Waals surface area contributed by atoms with Gasteiger partial charge in [-0.2, -0.15) is 0 Å². The first-order valence-corrected chi connectivity index (χ1v) is 4.85. The summed E-state index contributed by atoms with van der Waals surface area (Å²) in [4.78, 5) is 10.6. The molecule has 17 heavy (non-hydrogen) atoms. The molecule has 4 heteroatoms. The van der Waals surface area contributed by atoms with Crippen molar-refractivity contribution in [3.8, 4) is 11.1 Å². The smallest absolute Gasteiger partial charge is 0.132 e. The Morgan fingerprint density at radius 2 is 1.53 bits per heavy atom. The van der Waals surface area contributed by atoms with Crippen LogP contribution in [0.3, 0.4) is 0 Å². The summed E-state index contributed by atoms with van der Waals surface area (Å²) in [7, 11) is 0. The molecule has 0 aliphatic rings. The van der Waals surface area contributed by atoms with Gasteiger partial charge in [-0.15, -0.1) is 0 Å². The molecule has 0 aromatic heterocycles. The summed E-state index contributed by atoms with van der Waals surface area (Å²) in [5.74, 6) is -2.82. The second-order valence-corrected chi connectivity index (χ2v) is 3.49. The number of hydrogen-bond acceptors (Lipinski definition) is 2. The SMILES string of the molecule is O=C([O-])c1cc(-c2ccc(F)cc2)ccc1F. The minimum absolute atomic E-state index is 0.393. The van der Waals surface area contributed by atoms with E-state index in [1.54, 1.807) is 0 Å². The first-order valence-electron chi connectivity index (χ1n) is 4.85. The van der Waals surface area contributed by atoms with Gasteiger partial charge in [0, 0.05) is 5.56 Å². The van der Waals surface area contributed by atoms with Crippen molar-refractivity contribution in [2.24, 2.45) is 0 Å². The van der Waals surface area contributed by atoms with Crippen molar-refractivity contribution >= 4 is 5.97 Å². The fourth-order valence-electron chi connectivity index (χ4n) is 1.50. The van der Waals surface area contributed by atoms with Crippen LogP contribution < -0.4 is 5.11 Å². The summed E-state index contributed by atoms with van der Waals surface area (Å²) in [5.41, 5.74) is 0.589. The van der Waals surface area contributed by atoms with Crippen LogP contribution in [0.5, 0.6) is 0 Å². The maximum atomic E-state index is 13.1. The van der Waals surface area contributed by atoms with E-state index in [0.29, 0.717) is 11.1 Å². The Morgan fingerprint density at radius 3 is 2.12 bits per heavy atom. The number of benzene rings is 2. The molecule has 0 unspecified atom stereocenters. The average Bonchev–Trinajstić information content (AvgIpc) is 2.30. The minimum Gasteiger partial charge on any atom is -0.545 e. The lowest BCUT2D eigenvalue weighted by Gasteiger charge is -2.07. The predicted octanol–water partition coefficient (Wildman–Crippen LogP) is 2.00. The van der Waals surface area contributed by atoms with E-state index in [2.05, 4.69) is 0 Å². The Bertz CT molecular complexity index is 562. The van der Waals surface area contributed by atoms with E-state index in [4.69, 9.17) is 0 Å². The van der Waals surface area contributed by atoms with Crippen LogP contribution in [0.2, 0.25) is 0 Å². The maximum Gasteiger partial charge on any atom is 0.132 e. The highest BCUT2D eigenvalue weighted by molar-refractivity contribution is 5.88. The molecule has 0 saturated carbocycles. The number of carbonyl (C=O) groups is 1. The summed E-state index contributed by atoms with van der Waals surface area (Å²) in [6.07, 6.45) is 0.